The number of aromatic nitrogens is 2. The van der Waals surface area contributed by atoms with Crippen molar-refractivity contribution in [2.45, 2.75) is 23.5 Å². The van der Waals surface area contributed by atoms with Gasteiger partial charge in [0.1, 0.15) is 11.4 Å². The molecule has 0 fully saturated rings. The predicted molar refractivity (Wildman–Crippen MR) is 123 cm³/mol. The van der Waals surface area contributed by atoms with Crippen LogP contribution >= 0.6 is 34.4 Å². The summed E-state index contributed by atoms with van der Waals surface area (Å²) in [4.78, 5) is 31.9. The van der Waals surface area contributed by atoms with Gasteiger partial charge in [0.2, 0.25) is 5.91 Å². The number of hydrogen-bond acceptors (Lipinski definition) is 6. The van der Waals surface area contributed by atoms with Crippen molar-refractivity contribution in [3.8, 4) is 16.1 Å². The Kier molecular flexibility index (Phi) is 6.40. The maximum Gasteiger partial charge on any atom is 0.405 e. The monoisotopic (exact) mass is 495 g/mol. The number of thiophene rings is 2. The molecule has 1 amide bonds. The fourth-order valence-electron chi connectivity index (χ4n) is 3.01. The lowest BCUT2D eigenvalue weighted by atomic mass is 10.2. The van der Waals surface area contributed by atoms with Crippen molar-refractivity contribution in [3.63, 3.8) is 0 Å². The zero-order valence-corrected chi connectivity index (χ0v) is 19.0. The van der Waals surface area contributed by atoms with E-state index in [0.717, 1.165) is 22.2 Å². The molecule has 1 N–H and O–H groups in total. The van der Waals surface area contributed by atoms with E-state index in [1.54, 1.807) is 24.3 Å². The van der Waals surface area contributed by atoms with Crippen molar-refractivity contribution >= 4 is 50.6 Å². The van der Waals surface area contributed by atoms with Gasteiger partial charge in [-0.15, -0.1) is 22.7 Å². The molecule has 0 bridgehead atoms. The van der Waals surface area contributed by atoms with E-state index in [9.17, 15) is 22.8 Å². The first-order chi connectivity index (χ1) is 15.2. The zero-order chi connectivity index (χ0) is 22.9. The highest BCUT2D eigenvalue weighted by molar-refractivity contribution is 8.00. The zero-order valence-electron chi connectivity index (χ0n) is 16.6. The largest absolute Gasteiger partial charge is 0.405 e. The highest BCUT2D eigenvalue weighted by atomic mass is 32.2. The molecule has 32 heavy (non-hydrogen) atoms. The van der Waals surface area contributed by atoms with Crippen LogP contribution in [0.2, 0.25) is 0 Å². The number of halogens is 3. The van der Waals surface area contributed by atoms with Crippen LogP contribution in [0.1, 0.15) is 6.92 Å². The Labute approximate surface area is 192 Å². The number of rotatable bonds is 6. The molecule has 166 valence electrons. The molecular formula is C21H16F3N3O2S3. The maximum atomic E-state index is 13.6. The highest BCUT2D eigenvalue weighted by Gasteiger charge is 2.29. The van der Waals surface area contributed by atoms with Crippen LogP contribution in [0, 0.1) is 0 Å². The third-order valence-corrected chi connectivity index (χ3v) is 7.32. The van der Waals surface area contributed by atoms with E-state index in [0.29, 0.717) is 15.9 Å². The number of hydrogen-bond donors (Lipinski definition) is 1. The molecule has 0 aliphatic rings. The van der Waals surface area contributed by atoms with Gasteiger partial charge in [-0.3, -0.25) is 14.2 Å². The van der Waals surface area contributed by atoms with Crippen LogP contribution in [0.4, 0.5) is 13.2 Å². The summed E-state index contributed by atoms with van der Waals surface area (Å²) in [5, 5.41) is 5.49. The molecule has 0 radical (unpaired) electrons. The Hall–Kier alpha value is -2.63. The highest BCUT2D eigenvalue weighted by Crippen LogP contribution is 2.35. The fraction of sp³-hybridized carbons (Fsp3) is 0.190. The summed E-state index contributed by atoms with van der Waals surface area (Å²) in [5.41, 5.74) is 1.05. The van der Waals surface area contributed by atoms with E-state index in [2.05, 4.69) is 4.98 Å². The SMILES string of the molecule is CC(Sc1nc2scc(-c3cccs3)c2c(=O)n1-c1ccccc1)C(=O)NCC(F)(F)F. The number of nitrogens with one attached hydrogen (secondary N) is 1. The summed E-state index contributed by atoms with van der Waals surface area (Å²) in [7, 11) is 0. The van der Waals surface area contributed by atoms with Gasteiger partial charge >= 0.3 is 6.18 Å². The van der Waals surface area contributed by atoms with E-state index in [1.165, 1.54) is 34.2 Å². The molecule has 0 aliphatic carbocycles. The minimum Gasteiger partial charge on any atom is -0.346 e. The minimum absolute atomic E-state index is 0.239. The van der Waals surface area contributed by atoms with Gasteiger partial charge in [-0.05, 0) is 30.5 Å². The van der Waals surface area contributed by atoms with Crippen molar-refractivity contribution in [2.75, 3.05) is 6.54 Å². The fourth-order valence-corrected chi connectivity index (χ4v) is 5.77. The van der Waals surface area contributed by atoms with Gasteiger partial charge < -0.3 is 5.32 Å². The Morgan fingerprint density at radius 2 is 1.94 bits per heavy atom. The Bertz CT molecular complexity index is 1300. The van der Waals surface area contributed by atoms with Crippen LogP contribution in [0.5, 0.6) is 0 Å². The van der Waals surface area contributed by atoms with Gasteiger partial charge in [-0.2, -0.15) is 13.2 Å². The second-order valence-electron chi connectivity index (χ2n) is 6.77. The Morgan fingerprint density at radius 1 is 1.19 bits per heavy atom. The molecule has 0 spiro atoms. The van der Waals surface area contributed by atoms with Crippen LogP contribution in [0.15, 0.2) is 63.2 Å². The molecule has 1 aromatic carbocycles. The van der Waals surface area contributed by atoms with Crippen molar-refractivity contribution < 1.29 is 18.0 Å². The molecule has 3 aromatic heterocycles. The molecule has 5 nitrogen and oxygen atoms in total. The summed E-state index contributed by atoms with van der Waals surface area (Å²) in [6.07, 6.45) is -4.50. The standard InChI is InChI=1S/C21H16F3N3O2S3/c1-12(17(28)25-11-21(22,23)24)32-20-26-18-16(14(10-31-18)15-8-5-9-30-15)19(29)27(20)13-6-3-2-4-7-13/h2-10,12H,11H2,1H3,(H,25,28). The van der Waals surface area contributed by atoms with E-state index in [1.807, 2.05) is 34.3 Å². The number of benzene rings is 1. The molecule has 3 heterocycles. The molecule has 0 aliphatic heterocycles. The van der Waals surface area contributed by atoms with Gasteiger partial charge in [0, 0.05) is 15.8 Å². The Morgan fingerprint density at radius 3 is 2.59 bits per heavy atom. The molecule has 11 heteroatoms. The van der Waals surface area contributed by atoms with Crippen LogP contribution in [-0.2, 0) is 4.79 Å². The number of carbonyl (C=O) groups excluding carboxylic acids is 1. The normalized spacial score (nSPS) is 12.8. The van der Waals surface area contributed by atoms with E-state index in [-0.39, 0.29) is 10.7 Å². The van der Waals surface area contributed by atoms with Crippen LogP contribution in [0.3, 0.4) is 0 Å². The number of alkyl halides is 3. The number of amides is 1. The Balaban J connectivity index is 1.78. The van der Waals surface area contributed by atoms with Gasteiger partial charge in [0.25, 0.3) is 5.56 Å². The molecular weight excluding hydrogens is 479 g/mol. The number of carbonyl (C=O) groups is 1. The van der Waals surface area contributed by atoms with E-state index < -0.39 is 23.9 Å². The van der Waals surface area contributed by atoms with Crippen molar-refractivity contribution in [1.82, 2.24) is 14.9 Å². The van der Waals surface area contributed by atoms with Crippen molar-refractivity contribution in [2.24, 2.45) is 0 Å². The summed E-state index contributed by atoms with van der Waals surface area (Å²) < 4.78 is 38.8. The van der Waals surface area contributed by atoms with Gasteiger partial charge in [-0.25, -0.2) is 4.98 Å². The first kappa shape index (κ1) is 22.6. The third kappa shape index (κ3) is 4.74. The van der Waals surface area contributed by atoms with Crippen LogP contribution in [0.25, 0.3) is 26.3 Å². The lowest BCUT2D eigenvalue weighted by Crippen LogP contribution is -2.38. The van der Waals surface area contributed by atoms with E-state index >= 15 is 0 Å². The van der Waals surface area contributed by atoms with Gasteiger partial charge in [0.05, 0.1) is 16.3 Å². The maximum absolute atomic E-state index is 13.6. The predicted octanol–water partition coefficient (Wildman–Crippen LogP) is 5.33. The lowest BCUT2D eigenvalue weighted by molar-refractivity contribution is -0.137. The smallest absolute Gasteiger partial charge is 0.346 e. The molecule has 1 atom stereocenters. The average Bonchev–Trinajstić information content (AvgIpc) is 3.42. The molecule has 4 rings (SSSR count). The molecule has 4 aromatic rings. The van der Waals surface area contributed by atoms with Crippen molar-refractivity contribution in [3.05, 3.63) is 63.6 Å². The van der Waals surface area contributed by atoms with Gasteiger partial charge in [0.15, 0.2) is 5.16 Å². The summed E-state index contributed by atoms with van der Waals surface area (Å²) in [6, 6.07) is 12.7. The number of nitrogens with zero attached hydrogens (tertiary/aromatic N) is 2. The number of fused-ring (bicyclic) bond motifs is 1. The summed E-state index contributed by atoms with van der Waals surface area (Å²) in [6.45, 7) is 0.0668. The molecule has 0 saturated heterocycles. The van der Waals surface area contributed by atoms with Crippen LogP contribution in [-0.4, -0.2) is 33.4 Å². The topological polar surface area (TPSA) is 64.0 Å². The molecule has 1 unspecified atom stereocenters. The van der Waals surface area contributed by atoms with Crippen LogP contribution < -0.4 is 10.9 Å². The quantitative estimate of drug-likeness (QED) is 0.290. The molecule has 0 saturated carbocycles. The van der Waals surface area contributed by atoms with Gasteiger partial charge in [-0.1, -0.05) is 36.0 Å². The number of thioether (sulfide) groups is 1. The lowest BCUT2D eigenvalue weighted by Gasteiger charge is -2.16. The summed E-state index contributed by atoms with van der Waals surface area (Å²) >= 11 is 3.77. The number of para-hydroxylation sites is 1. The first-order valence-corrected chi connectivity index (χ1v) is 12.0. The first-order valence-electron chi connectivity index (χ1n) is 9.39. The summed E-state index contributed by atoms with van der Waals surface area (Å²) in [5.74, 6) is -0.785. The van der Waals surface area contributed by atoms with E-state index in [4.69, 9.17) is 0 Å². The minimum atomic E-state index is -4.50. The van der Waals surface area contributed by atoms with Crippen molar-refractivity contribution in [1.29, 1.82) is 0 Å². The average molecular weight is 496 g/mol. The third-order valence-electron chi connectivity index (χ3n) is 4.49. The second kappa shape index (κ2) is 9.08. The second-order valence-corrected chi connectivity index (χ2v) is 9.88.